The van der Waals surface area contributed by atoms with E-state index < -0.39 is 195 Å². The number of fused-ring (bicyclic) bond motifs is 2. The highest BCUT2D eigenvalue weighted by molar-refractivity contribution is 7.87. The number of aliphatic hydroxyl groups excluding tert-OH is 2. The van der Waals surface area contributed by atoms with Gasteiger partial charge in [-0.2, -0.15) is 54.1 Å². The van der Waals surface area contributed by atoms with Crippen LogP contribution in [0.25, 0.3) is 0 Å². The molecule has 27 atom stereocenters. The maximum Gasteiger partial charge on any atom is 0.308 e. The van der Waals surface area contributed by atoms with Crippen molar-refractivity contribution in [2.75, 3.05) is 40.5 Å². The van der Waals surface area contributed by atoms with Crippen molar-refractivity contribution in [2.24, 2.45) is 73.7 Å². The van der Waals surface area contributed by atoms with Crippen LogP contribution >= 0.6 is 0 Å². The Labute approximate surface area is 550 Å². The van der Waals surface area contributed by atoms with Gasteiger partial charge in [0.25, 0.3) is 40.5 Å². The summed E-state index contributed by atoms with van der Waals surface area (Å²) in [5.41, 5.74) is 0. The zero-order chi connectivity index (χ0) is 68.9. The largest absolute Gasteiger partial charge is 0.481 e. The Bertz CT molecular complexity index is 3030. The fraction of sp³-hybridized carbons (Fsp3) is 0.980. The SMILES string of the molecule is CNC1NC(NC2CCC(NC3NC(NC)NC(NC4CC(S(=O)(=O)O)CC5CC(S(=O)(=O)O)C(N=NC6CC(COO)CC(COO)C6)C(O)C54)N3)C(C(=O)O)C2)NC(NC2CC(S(=O)(=O)O)CC3CC(S(=O)(=O)O)C(N=NC4CC(COO)CC(COO)C4)C(O)C32)N1. The van der Waals surface area contributed by atoms with Gasteiger partial charge in [0.1, 0.15) is 60.3 Å². The lowest BCUT2D eigenvalue weighted by atomic mass is 9.65. The standard InChI is InChI=1S/C51H96N16O24S4/c1-52-46-58-48(62-50(60-46)56-35-16-31(92(76,77)78)11-26-13-37(94(82,83)84)41(43(68)39(26)35)66-64-29-7-22(18-88-72)5-23(8-29)19-89-73)54-28-3-4-34(33(15-28)45(70)71)55-49-59-47(53-2)61-51(63-49)57-36-17-32(93(79,80)81)12-27-14-38(95(85,86)87)42(44(69)40(27)36)67-65-30-9-24(20-90-74)6-25(10-30)21-91-75/h22-44,46-63,68-69,72-75H,3-21H2,1-2H3,(H,70,71)(H,76,77,78)(H,79,80,81)(H,82,83,84)(H,85,86,87). The summed E-state index contributed by atoms with van der Waals surface area (Å²) in [6, 6.07) is -7.40. The fourth-order valence-electron chi connectivity index (χ4n) is 17.0. The van der Waals surface area contributed by atoms with Gasteiger partial charge in [0.15, 0.2) is 0 Å². The van der Waals surface area contributed by atoms with Gasteiger partial charge in [-0.15, -0.1) is 0 Å². The lowest BCUT2D eigenvalue weighted by molar-refractivity contribution is -0.263. The molecule has 2 heterocycles. The number of aliphatic hydroxyl groups is 2. The van der Waals surface area contributed by atoms with Crippen molar-refractivity contribution >= 4 is 46.4 Å². The number of carboxylic acid groups (broad SMARTS) is 1. The third-order valence-electron chi connectivity index (χ3n) is 21.1. The van der Waals surface area contributed by atoms with E-state index in [1.54, 1.807) is 14.1 Å². The van der Waals surface area contributed by atoms with Crippen molar-refractivity contribution < 1.29 is 113 Å². The van der Waals surface area contributed by atoms with Crippen molar-refractivity contribution in [3.63, 3.8) is 0 Å². The predicted molar refractivity (Wildman–Crippen MR) is 328 cm³/mol. The minimum absolute atomic E-state index is 0.0689. The molecular weight excluding hydrogens is 1350 g/mol. The molecule has 95 heavy (non-hydrogen) atoms. The van der Waals surface area contributed by atoms with Crippen LogP contribution < -0.4 is 63.8 Å². The van der Waals surface area contributed by atoms with Crippen LogP contribution in [0.3, 0.4) is 0 Å². The molecular formula is C51H96N16O24S4. The summed E-state index contributed by atoms with van der Waals surface area (Å²) >= 11 is 0. The van der Waals surface area contributed by atoms with Crippen LogP contribution in [0.4, 0.5) is 0 Å². The van der Waals surface area contributed by atoms with E-state index in [-0.39, 0.29) is 101 Å². The molecule has 0 radical (unpaired) electrons. The first-order chi connectivity index (χ1) is 44.9. The Hall–Kier alpha value is -2.57. The molecule has 7 saturated carbocycles. The first kappa shape index (κ1) is 76.6. The van der Waals surface area contributed by atoms with Gasteiger partial charge < -0.3 is 15.3 Å². The summed E-state index contributed by atoms with van der Waals surface area (Å²) in [6.45, 7) is -0.281. The number of nitrogens with one attached hydrogen (secondary N) is 12. The van der Waals surface area contributed by atoms with Gasteiger partial charge >= 0.3 is 5.97 Å². The zero-order valence-electron chi connectivity index (χ0n) is 52.3. The van der Waals surface area contributed by atoms with E-state index in [2.05, 4.69) is 104 Å². The molecule has 27 unspecified atom stereocenters. The smallest absolute Gasteiger partial charge is 0.308 e. The molecule has 9 rings (SSSR count). The highest BCUT2D eigenvalue weighted by Crippen LogP contribution is 2.48. The second kappa shape index (κ2) is 33.0. The van der Waals surface area contributed by atoms with Crippen molar-refractivity contribution in [2.45, 2.75) is 216 Å². The third-order valence-corrected chi connectivity index (χ3v) is 26.1. The maximum absolute atomic E-state index is 13.2. The molecule has 0 amide bonds. The molecule has 2 aliphatic heterocycles. The van der Waals surface area contributed by atoms with Crippen LogP contribution in [0.2, 0.25) is 0 Å². The molecule has 9 aliphatic rings. The molecule has 40 nitrogen and oxygen atoms in total. The topological polar surface area (TPSA) is 607 Å². The van der Waals surface area contributed by atoms with E-state index >= 15 is 0 Å². The Morgan fingerprint density at radius 1 is 0.432 bits per heavy atom. The summed E-state index contributed by atoms with van der Waals surface area (Å²) in [5, 5.41) is 123. The van der Waals surface area contributed by atoms with E-state index in [4.69, 9.17) is 0 Å². The molecule has 7 aliphatic carbocycles. The predicted octanol–water partition coefficient (Wildman–Crippen LogP) is -3.81. The molecule has 548 valence electrons. The van der Waals surface area contributed by atoms with Gasteiger partial charge in [-0.05, 0) is 146 Å². The number of aliphatic carboxylic acids is 1. The van der Waals surface area contributed by atoms with Crippen molar-refractivity contribution in [3.8, 4) is 0 Å². The lowest BCUT2D eigenvalue weighted by Gasteiger charge is -2.51. The maximum atomic E-state index is 13.2. The molecule has 2 saturated heterocycles. The highest BCUT2D eigenvalue weighted by atomic mass is 32.2. The minimum atomic E-state index is -4.96. The van der Waals surface area contributed by atoms with Crippen LogP contribution in [0.1, 0.15) is 96.3 Å². The number of carboxylic acids is 1. The summed E-state index contributed by atoms with van der Waals surface area (Å²) < 4.78 is 146. The van der Waals surface area contributed by atoms with Gasteiger partial charge in [0.05, 0.1) is 67.1 Å². The fourth-order valence-corrected chi connectivity index (χ4v) is 21.0. The average Bonchev–Trinajstić information content (AvgIpc) is 0.755. The second-order valence-corrected chi connectivity index (χ2v) is 34.0. The minimum Gasteiger partial charge on any atom is -0.481 e. The number of rotatable bonds is 27. The van der Waals surface area contributed by atoms with Crippen molar-refractivity contribution in [1.82, 2.24) is 63.8 Å². The molecule has 0 bridgehead atoms. The number of carbonyl (C=O) groups is 1. The number of hydrogen-bond donors (Lipinski definition) is 23. The monoisotopic (exact) mass is 1440 g/mol. The van der Waals surface area contributed by atoms with E-state index in [0.29, 0.717) is 44.9 Å². The second-order valence-electron chi connectivity index (χ2n) is 27.4. The summed E-state index contributed by atoms with van der Waals surface area (Å²) in [7, 11) is -16.2. The first-order valence-corrected chi connectivity index (χ1v) is 38.2. The van der Waals surface area contributed by atoms with E-state index in [9.17, 15) is 93.0 Å². The van der Waals surface area contributed by atoms with Gasteiger partial charge in [-0.25, -0.2) is 19.6 Å². The third kappa shape index (κ3) is 19.7. The summed E-state index contributed by atoms with van der Waals surface area (Å²) in [6.07, 6.45) is -6.89. The first-order valence-electron chi connectivity index (χ1n) is 32.1. The van der Waals surface area contributed by atoms with Gasteiger partial charge in [-0.3, -0.25) is 108 Å². The molecule has 44 heteroatoms. The molecule has 23 N–H and O–H groups in total. The number of hydrogen-bond acceptors (Lipinski definition) is 35. The van der Waals surface area contributed by atoms with Crippen LogP contribution in [0.5, 0.6) is 0 Å². The van der Waals surface area contributed by atoms with Crippen molar-refractivity contribution in [1.29, 1.82) is 0 Å². The van der Waals surface area contributed by atoms with E-state index in [0.717, 1.165) is 0 Å². The highest BCUT2D eigenvalue weighted by Gasteiger charge is 2.58. The lowest BCUT2D eigenvalue weighted by Crippen LogP contribution is -2.80. The van der Waals surface area contributed by atoms with Crippen LogP contribution in [0, 0.1) is 53.3 Å². The van der Waals surface area contributed by atoms with Crippen LogP contribution in [-0.4, -0.2) is 254 Å². The van der Waals surface area contributed by atoms with E-state index in [1.807, 2.05) is 0 Å². The van der Waals surface area contributed by atoms with Crippen LogP contribution in [-0.2, 0) is 64.8 Å². The number of azo groups is 2. The van der Waals surface area contributed by atoms with Crippen LogP contribution in [0.15, 0.2) is 20.5 Å². The Kier molecular flexibility index (Phi) is 26.6. The Morgan fingerprint density at radius 2 is 0.779 bits per heavy atom. The summed E-state index contributed by atoms with van der Waals surface area (Å²) in [4.78, 5) is 30.7. The quantitative estimate of drug-likeness (QED) is 0.0162. The normalized spacial score (nSPS) is 43.5. The summed E-state index contributed by atoms with van der Waals surface area (Å²) in [5.74, 6) is -6.84. The Morgan fingerprint density at radius 3 is 1.11 bits per heavy atom. The van der Waals surface area contributed by atoms with Gasteiger partial charge in [0.2, 0.25) is 0 Å². The zero-order valence-corrected chi connectivity index (χ0v) is 55.6. The molecule has 0 aromatic carbocycles. The van der Waals surface area contributed by atoms with Crippen molar-refractivity contribution in [3.05, 3.63) is 0 Å². The molecule has 9 fully saturated rings. The molecule has 0 aromatic heterocycles. The molecule has 0 aromatic rings. The number of nitrogens with zero attached hydrogens (tertiary/aromatic N) is 4. The molecule has 0 spiro atoms. The Balaban J connectivity index is 0.866. The average molecular weight is 1450 g/mol. The van der Waals surface area contributed by atoms with Gasteiger partial charge in [-0.1, -0.05) is 0 Å². The van der Waals surface area contributed by atoms with Gasteiger partial charge in [0, 0.05) is 36.0 Å². The van der Waals surface area contributed by atoms with E-state index in [1.165, 1.54) is 0 Å².